The maximum absolute atomic E-state index is 11.6. The molecule has 0 spiro atoms. The number of hydrogen-bond donors (Lipinski definition) is 2. The third-order valence-electron chi connectivity index (χ3n) is 3.08. The molecule has 1 aromatic heterocycles. The van der Waals surface area contributed by atoms with Gasteiger partial charge < -0.3 is 5.11 Å². The van der Waals surface area contributed by atoms with Gasteiger partial charge in [0.1, 0.15) is 18.2 Å². The summed E-state index contributed by atoms with van der Waals surface area (Å²) in [5, 5.41) is 16.8. The van der Waals surface area contributed by atoms with Gasteiger partial charge in [0.25, 0.3) is 0 Å². The number of carboxylic acid groups (broad SMARTS) is 1. The second-order valence-electron chi connectivity index (χ2n) is 4.94. The van der Waals surface area contributed by atoms with E-state index in [-0.39, 0.29) is 12.0 Å². The van der Waals surface area contributed by atoms with E-state index in [0.717, 1.165) is 12.8 Å². The van der Waals surface area contributed by atoms with Crippen molar-refractivity contribution in [1.82, 2.24) is 20.1 Å². The normalized spacial score (nSPS) is 19.2. The van der Waals surface area contributed by atoms with Gasteiger partial charge >= 0.3 is 5.97 Å². The van der Waals surface area contributed by atoms with Gasteiger partial charge in [-0.3, -0.25) is 14.8 Å². The molecular formula is C11H18N4O2. The van der Waals surface area contributed by atoms with Crippen LogP contribution in [0.15, 0.2) is 12.7 Å². The van der Waals surface area contributed by atoms with Gasteiger partial charge in [-0.15, -0.1) is 0 Å². The molecule has 6 heteroatoms. The van der Waals surface area contributed by atoms with E-state index in [2.05, 4.69) is 15.4 Å². The Morgan fingerprint density at radius 1 is 1.65 bits per heavy atom. The fourth-order valence-corrected chi connectivity index (χ4v) is 2.26. The van der Waals surface area contributed by atoms with Crippen molar-refractivity contribution in [1.29, 1.82) is 0 Å². The van der Waals surface area contributed by atoms with Crippen LogP contribution < -0.4 is 5.32 Å². The van der Waals surface area contributed by atoms with E-state index in [1.807, 2.05) is 13.8 Å². The number of carbonyl (C=O) groups is 1. The van der Waals surface area contributed by atoms with E-state index in [1.165, 1.54) is 6.33 Å². The average molecular weight is 238 g/mol. The third-order valence-corrected chi connectivity index (χ3v) is 3.08. The maximum atomic E-state index is 11.6. The van der Waals surface area contributed by atoms with E-state index in [9.17, 15) is 9.90 Å². The van der Waals surface area contributed by atoms with Crippen molar-refractivity contribution < 1.29 is 9.90 Å². The lowest BCUT2D eigenvalue weighted by molar-refractivity contribution is -0.147. The lowest BCUT2D eigenvalue weighted by atomic mass is 9.92. The summed E-state index contributed by atoms with van der Waals surface area (Å²) in [6, 6.07) is 0.121. The minimum atomic E-state index is -0.915. The number of aliphatic carboxylic acids is 1. The van der Waals surface area contributed by atoms with E-state index >= 15 is 0 Å². The fraction of sp³-hybridized carbons (Fsp3) is 0.727. The minimum absolute atomic E-state index is 0.121. The molecular weight excluding hydrogens is 220 g/mol. The monoisotopic (exact) mass is 238 g/mol. The Hall–Kier alpha value is -1.43. The van der Waals surface area contributed by atoms with Gasteiger partial charge in [0.15, 0.2) is 0 Å². The Balaban J connectivity index is 2.23. The molecule has 1 saturated carbocycles. The van der Waals surface area contributed by atoms with E-state index in [4.69, 9.17) is 0 Å². The zero-order valence-corrected chi connectivity index (χ0v) is 10.1. The first-order chi connectivity index (χ1) is 8.04. The molecule has 2 N–H and O–H groups in total. The van der Waals surface area contributed by atoms with Crippen molar-refractivity contribution in [2.24, 2.45) is 5.92 Å². The summed E-state index contributed by atoms with van der Waals surface area (Å²) in [6.45, 7) is 4.24. The van der Waals surface area contributed by atoms with Crippen LogP contribution in [0.5, 0.6) is 0 Å². The molecule has 1 heterocycles. The molecule has 0 amide bonds. The zero-order chi connectivity index (χ0) is 12.5. The first kappa shape index (κ1) is 12.0. The van der Waals surface area contributed by atoms with Gasteiger partial charge in [-0.05, 0) is 32.6 Å². The van der Waals surface area contributed by atoms with E-state index < -0.39 is 11.5 Å². The van der Waals surface area contributed by atoms with Crippen LogP contribution in [0.1, 0.15) is 26.7 Å². The van der Waals surface area contributed by atoms with Crippen molar-refractivity contribution >= 4 is 5.97 Å². The second kappa shape index (κ2) is 4.44. The van der Waals surface area contributed by atoms with Crippen LogP contribution in [-0.4, -0.2) is 37.4 Å². The first-order valence-electron chi connectivity index (χ1n) is 5.88. The highest BCUT2D eigenvalue weighted by Crippen LogP contribution is 2.41. The second-order valence-corrected chi connectivity index (χ2v) is 4.94. The largest absolute Gasteiger partial charge is 0.480 e. The smallest absolute Gasteiger partial charge is 0.326 e. The fourth-order valence-electron chi connectivity index (χ4n) is 2.26. The zero-order valence-electron chi connectivity index (χ0n) is 10.1. The van der Waals surface area contributed by atoms with Crippen LogP contribution in [0.25, 0.3) is 0 Å². The maximum Gasteiger partial charge on any atom is 0.326 e. The van der Waals surface area contributed by atoms with E-state index in [0.29, 0.717) is 6.54 Å². The highest BCUT2D eigenvalue weighted by molar-refractivity contribution is 5.79. The molecule has 1 fully saturated rings. The van der Waals surface area contributed by atoms with Crippen LogP contribution in [0.2, 0.25) is 0 Å². The number of nitrogens with zero attached hydrogens (tertiary/aromatic N) is 3. The molecule has 1 aliphatic rings. The molecule has 0 bridgehead atoms. The molecule has 94 valence electrons. The summed E-state index contributed by atoms with van der Waals surface area (Å²) in [5.74, 6) is -0.615. The Kier molecular flexibility index (Phi) is 3.15. The van der Waals surface area contributed by atoms with Crippen molar-refractivity contribution in [3.63, 3.8) is 0 Å². The van der Waals surface area contributed by atoms with Crippen LogP contribution in [0, 0.1) is 5.92 Å². The van der Waals surface area contributed by atoms with Gasteiger partial charge in [-0.1, -0.05) is 0 Å². The number of carboxylic acids is 1. The van der Waals surface area contributed by atoms with E-state index in [1.54, 1.807) is 11.0 Å². The Bertz CT molecular complexity index is 386. The Labute approximate surface area is 100 Å². The van der Waals surface area contributed by atoms with Gasteiger partial charge in [-0.2, -0.15) is 5.10 Å². The Morgan fingerprint density at radius 3 is 2.76 bits per heavy atom. The molecule has 2 rings (SSSR count). The molecule has 0 radical (unpaired) electrons. The molecule has 1 atom stereocenters. The van der Waals surface area contributed by atoms with Crippen molar-refractivity contribution in [2.75, 3.05) is 0 Å². The summed E-state index contributed by atoms with van der Waals surface area (Å²) in [4.78, 5) is 15.5. The first-order valence-corrected chi connectivity index (χ1v) is 5.88. The van der Waals surface area contributed by atoms with Gasteiger partial charge in [0.2, 0.25) is 0 Å². The molecule has 1 unspecified atom stereocenters. The lowest BCUT2D eigenvalue weighted by Crippen LogP contribution is -2.59. The molecule has 0 aromatic carbocycles. The number of rotatable bonds is 6. The third kappa shape index (κ3) is 2.46. The predicted octanol–water partition coefficient (Wildman–Crippen LogP) is 0.509. The standard InChI is InChI=1S/C11H18N4O2/c1-8(2)14-11(10(16)17,9-3-4-9)5-15-7-12-6-13-15/h6-9,14H,3-5H2,1-2H3,(H,16,17). The Morgan fingerprint density at radius 2 is 2.35 bits per heavy atom. The molecule has 6 nitrogen and oxygen atoms in total. The molecule has 0 aliphatic heterocycles. The minimum Gasteiger partial charge on any atom is -0.480 e. The summed E-state index contributed by atoms with van der Waals surface area (Å²) in [7, 11) is 0. The lowest BCUT2D eigenvalue weighted by Gasteiger charge is -2.32. The van der Waals surface area contributed by atoms with Gasteiger partial charge in [-0.25, -0.2) is 4.98 Å². The van der Waals surface area contributed by atoms with Crippen LogP contribution in [0.3, 0.4) is 0 Å². The highest BCUT2D eigenvalue weighted by Gasteiger charge is 2.51. The predicted molar refractivity (Wildman–Crippen MR) is 61.4 cm³/mol. The van der Waals surface area contributed by atoms with Crippen molar-refractivity contribution in [3.8, 4) is 0 Å². The summed E-state index contributed by atoms with van der Waals surface area (Å²) in [6.07, 6.45) is 4.90. The van der Waals surface area contributed by atoms with Crippen LogP contribution in [0.4, 0.5) is 0 Å². The molecule has 1 aliphatic carbocycles. The molecule has 0 saturated heterocycles. The summed E-state index contributed by atoms with van der Waals surface area (Å²) < 4.78 is 1.59. The van der Waals surface area contributed by atoms with Gasteiger partial charge in [0, 0.05) is 6.04 Å². The van der Waals surface area contributed by atoms with Crippen molar-refractivity contribution in [3.05, 3.63) is 12.7 Å². The number of nitrogens with one attached hydrogen (secondary N) is 1. The SMILES string of the molecule is CC(C)NC(Cn1cncn1)(C(=O)O)C1CC1. The molecule has 1 aromatic rings. The quantitative estimate of drug-likeness (QED) is 0.754. The van der Waals surface area contributed by atoms with Gasteiger partial charge in [0.05, 0.1) is 6.54 Å². The average Bonchev–Trinajstić information content (AvgIpc) is 2.97. The number of aromatic nitrogens is 3. The van der Waals surface area contributed by atoms with Crippen LogP contribution in [-0.2, 0) is 11.3 Å². The number of hydrogen-bond acceptors (Lipinski definition) is 4. The topological polar surface area (TPSA) is 80.0 Å². The van der Waals surface area contributed by atoms with Crippen molar-refractivity contribution in [2.45, 2.75) is 44.8 Å². The van der Waals surface area contributed by atoms with Crippen LogP contribution >= 0.6 is 0 Å². The summed E-state index contributed by atoms with van der Waals surface area (Å²) >= 11 is 0. The highest BCUT2D eigenvalue weighted by atomic mass is 16.4. The molecule has 17 heavy (non-hydrogen) atoms. The summed E-state index contributed by atoms with van der Waals surface area (Å²) in [5.41, 5.74) is -0.915.